The summed E-state index contributed by atoms with van der Waals surface area (Å²) in [5, 5.41) is 17.9. The van der Waals surface area contributed by atoms with Crippen molar-refractivity contribution in [3.8, 4) is 11.4 Å². The van der Waals surface area contributed by atoms with Gasteiger partial charge in [0.1, 0.15) is 0 Å². The molecule has 0 bridgehead atoms. The third kappa shape index (κ3) is 2.88. The molecule has 0 aliphatic heterocycles. The van der Waals surface area contributed by atoms with E-state index in [-0.39, 0.29) is 0 Å². The van der Waals surface area contributed by atoms with Gasteiger partial charge in [-0.1, -0.05) is 66.2 Å². The highest BCUT2D eigenvalue weighted by Gasteiger charge is 2.13. The second-order valence-electron chi connectivity index (χ2n) is 4.96. The van der Waals surface area contributed by atoms with Gasteiger partial charge in [0.25, 0.3) is 0 Å². The van der Waals surface area contributed by atoms with Crippen molar-refractivity contribution in [1.82, 2.24) is 25.1 Å². The topological polar surface area (TPSA) is 55.1 Å². The van der Waals surface area contributed by atoms with E-state index in [2.05, 4.69) is 20.6 Å². The highest BCUT2D eigenvalue weighted by molar-refractivity contribution is 6.34. The van der Waals surface area contributed by atoms with Crippen LogP contribution in [0.4, 0.5) is 0 Å². The van der Waals surface area contributed by atoms with E-state index in [1.165, 1.54) is 0 Å². The molecule has 0 aliphatic carbocycles. The molecule has 2 heterocycles. The Morgan fingerprint density at radius 1 is 0.870 bits per heavy atom. The molecule has 0 amide bonds. The molecular weight excluding hydrogens is 310 g/mol. The van der Waals surface area contributed by atoms with Crippen LogP contribution < -0.4 is 5.32 Å². The number of aromatic nitrogens is 4. The van der Waals surface area contributed by atoms with Gasteiger partial charge in [-0.15, -0.1) is 10.2 Å². The number of hydrogen-bond acceptors (Lipinski definition) is 4. The first-order valence-corrected chi connectivity index (χ1v) is 7.57. The van der Waals surface area contributed by atoms with Gasteiger partial charge in [0.15, 0.2) is 16.6 Å². The fourth-order valence-corrected chi connectivity index (χ4v) is 2.55. The normalized spacial score (nSPS) is 10.6. The summed E-state index contributed by atoms with van der Waals surface area (Å²) in [5.74, 6) is 0.688. The molecule has 5 nitrogen and oxygen atoms in total. The number of nitrogens with zero attached hydrogens (tertiary/aromatic N) is 4. The van der Waals surface area contributed by atoms with E-state index in [4.69, 9.17) is 11.6 Å². The molecule has 0 fully saturated rings. The lowest BCUT2D eigenvalue weighted by molar-refractivity contribution is 0.946. The molecule has 0 saturated carbocycles. The Labute approximate surface area is 138 Å². The van der Waals surface area contributed by atoms with Crippen LogP contribution in [-0.4, -0.2) is 33.9 Å². The summed E-state index contributed by atoms with van der Waals surface area (Å²) < 4.78 is 1.69. The van der Waals surface area contributed by atoms with Gasteiger partial charge < -0.3 is 5.32 Å². The molecule has 2 aromatic carbocycles. The first kappa shape index (κ1) is 15.4. The molecule has 0 unspecified atom stereocenters. The average molecular weight is 326 g/mol. The van der Waals surface area contributed by atoms with E-state index in [1.54, 1.807) is 4.52 Å². The number of halogens is 1. The predicted octanol–water partition coefficient (Wildman–Crippen LogP) is 3.43. The SMILES string of the molecule is CNC.Clc1nn2c(-c3ccccc3)nnc2c2ccccc12. The molecule has 2 aromatic heterocycles. The van der Waals surface area contributed by atoms with E-state index in [0.717, 1.165) is 16.3 Å². The highest BCUT2D eigenvalue weighted by atomic mass is 35.5. The van der Waals surface area contributed by atoms with Gasteiger partial charge >= 0.3 is 0 Å². The monoisotopic (exact) mass is 325 g/mol. The van der Waals surface area contributed by atoms with Crippen LogP contribution in [0.2, 0.25) is 5.15 Å². The van der Waals surface area contributed by atoms with Crippen molar-refractivity contribution in [2.45, 2.75) is 0 Å². The van der Waals surface area contributed by atoms with Crippen LogP contribution in [0.5, 0.6) is 0 Å². The Balaban J connectivity index is 0.000000485. The summed E-state index contributed by atoms with van der Waals surface area (Å²) in [4.78, 5) is 0. The van der Waals surface area contributed by atoms with Crippen molar-refractivity contribution in [2.75, 3.05) is 14.1 Å². The molecule has 0 saturated heterocycles. The van der Waals surface area contributed by atoms with Crippen molar-refractivity contribution < 1.29 is 0 Å². The molecule has 0 radical (unpaired) electrons. The second-order valence-corrected chi connectivity index (χ2v) is 5.32. The summed E-state index contributed by atoms with van der Waals surface area (Å²) in [6, 6.07) is 17.6. The summed E-state index contributed by atoms with van der Waals surface area (Å²) in [5.41, 5.74) is 1.67. The summed E-state index contributed by atoms with van der Waals surface area (Å²) in [6.45, 7) is 0. The molecule has 23 heavy (non-hydrogen) atoms. The van der Waals surface area contributed by atoms with Crippen LogP contribution in [-0.2, 0) is 0 Å². The molecule has 0 atom stereocenters. The summed E-state index contributed by atoms with van der Waals surface area (Å²) in [6.07, 6.45) is 0. The lowest BCUT2D eigenvalue weighted by Gasteiger charge is -2.03. The lowest BCUT2D eigenvalue weighted by Crippen LogP contribution is -1.96. The first-order chi connectivity index (χ1) is 11.3. The number of benzene rings is 2. The molecule has 0 aliphatic rings. The first-order valence-electron chi connectivity index (χ1n) is 7.20. The highest BCUT2D eigenvalue weighted by Crippen LogP contribution is 2.26. The molecule has 1 N–H and O–H groups in total. The number of hydrogen-bond donors (Lipinski definition) is 1. The van der Waals surface area contributed by atoms with E-state index >= 15 is 0 Å². The average Bonchev–Trinajstić information content (AvgIpc) is 3.01. The van der Waals surface area contributed by atoms with E-state index < -0.39 is 0 Å². The largest absolute Gasteiger partial charge is 0.323 e. The molecular formula is C17H16ClN5. The molecule has 0 spiro atoms. The van der Waals surface area contributed by atoms with Crippen LogP contribution in [0.15, 0.2) is 54.6 Å². The third-order valence-electron chi connectivity index (χ3n) is 3.25. The number of nitrogens with one attached hydrogen (secondary N) is 1. The predicted molar refractivity (Wildman–Crippen MR) is 93.7 cm³/mol. The Kier molecular flexibility index (Phi) is 4.50. The fraction of sp³-hybridized carbons (Fsp3) is 0.118. The minimum atomic E-state index is 0.449. The summed E-state index contributed by atoms with van der Waals surface area (Å²) in [7, 11) is 3.75. The van der Waals surface area contributed by atoms with Gasteiger partial charge in [-0.2, -0.15) is 9.61 Å². The Hall–Kier alpha value is -2.50. The quantitative estimate of drug-likeness (QED) is 0.582. The van der Waals surface area contributed by atoms with Crippen LogP contribution in [0.1, 0.15) is 0 Å². The zero-order valence-electron chi connectivity index (χ0n) is 12.9. The maximum absolute atomic E-state index is 6.26. The van der Waals surface area contributed by atoms with Crippen molar-refractivity contribution in [3.05, 3.63) is 59.8 Å². The van der Waals surface area contributed by atoms with Crippen LogP contribution in [0.25, 0.3) is 27.8 Å². The number of rotatable bonds is 1. The smallest absolute Gasteiger partial charge is 0.186 e. The summed E-state index contributed by atoms with van der Waals surface area (Å²) >= 11 is 6.26. The van der Waals surface area contributed by atoms with Crippen molar-refractivity contribution >= 4 is 28.0 Å². The zero-order chi connectivity index (χ0) is 16.2. The molecule has 116 valence electrons. The second kappa shape index (κ2) is 6.73. The van der Waals surface area contributed by atoms with E-state index in [0.29, 0.717) is 16.6 Å². The number of fused-ring (bicyclic) bond motifs is 3. The van der Waals surface area contributed by atoms with Crippen LogP contribution >= 0.6 is 11.6 Å². The maximum atomic E-state index is 6.26. The Morgan fingerprint density at radius 3 is 2.17 bits per heavy atom. The minimum absolute atomic E-state index is 0.449. The van der Waals surface area contributed by atoms with Crippen molar-refractivity contribution in [2.24, 2.45) is 0 Å². The van der Waals surface area contributed by atoms with Gasteiger partial charge in [-0.05, 0) is 14.1 Å². The molecule has 4 aromatic rings. The van der Waals surface area contributed by atoms with Gasteiger partial charge in [0.2, 0.25) is 0 Å². The maximum Gasteiger partial charge on any atom is 0.186 e. The van der Waals surface area contributed by atoms with Crippen molar-refractivity contribution in [3.63, 3.8) is 0 Å². The van der Waals surface area contributed by atoms with E-state index in [9.17, 15) is 0 Å². The minimum Gasteiger partial charge on any atom is -0.323 e. The van der Waals surface area contributed by atoms with E-state index in [1.807, 2.05) is 68.7 Å². The lowest BCUT2D eigenvalue weighted by atomic mass is 10.2. The van der Waals surface area contributed by atoms with Gasteiger partial charge in [-0.25, -0.2) is 0 Å². The fourth-order valence-electron chi connectivity index (χ4n) is 2.31. The zero-order valence-corrected chi connectivity index (χ0v) is 13.6. The molecule has 4 rings (SSSR count). The Bertz CT molecular complexity index is 934. The standard InChI is InChI=1S/C15H9ClN4.C2H7N/c16-13-11-8-4-5-9-12(11)15-18-17-14(20(15)19-13)10-6-2-1-3-7-10;1-3-2/h1-9H;3H,1-2H3. The third-order valence-corrected chi connectivity index (χ3v) is 3.53. The van der Waals surface area contributed by atoms with Crippen LogP contribution in [0.3, 0.4) is 0 Å². The van der Waals surface area contributed by atoms with Gasteiger partial charge in [-0.3, -0.25) is 0 Å². The van der Waals surface area contributed by atoms with Crippen LogP contribution in [0, 0.1) is 0 Å². The Morgan fingerprint density at radius 2 is 1.48 bits per heavy atom. The van der Waals surface area contributed by atoms with Crippen molar-refractivity contribution in [1.29, 1.82) is 0 Å². The van der Waals surface area contributed by atoms with Gasteiger partial charge in [0.05, 0.1) is 0 Å². The molecule has 6 heteroatoms. The van der Waals surface area contributed by atoms with Gasteiger partial charge in [0, 0.05) is 16.3 Å².